The summed E-state index contributed by atoms with van der Waals surface area (Å²) in [6, 6.07) is 11.7. The van der Waals surface area contributed by atoms with Gasteiger partial charge in [-0.1, -0.05) is 69.9 Å². The molecule has 0 aromatic heterocycles. The predicted octanol–water partition coefficient (Wildman–Crippen LogP) is 2.58. The zero-order valence-corrected chi connectivity index (χ0v) is 15.2. The summed E-state index contributed by atoms with van der Waals surface area (Å²) in [5, 5.41) is 0. The molecule has 122 valence electrons. The second-order valence-electron chi connectivity index (χ2n) is 6.60. The van der Waals surface area contributed by atoms with E-state index in [4.69, 9.17) is 0 Å². The van der Waals surface area contributed by atoms with Crippen molar-refractivity contribution in [2.45, 2.75) is 64.8 Å². The Balaban J connectivity index is 0.00000400. The quantitative estimate of drug-likeness (QED) is 0.460. The lowest BCUT2D eigenvalue weighted by Gasteiger charge is -2.38. The highest BCUT2D eigenvalue weighted by Gasteiger charge is 2.27. The van der Waals surface area contributed by atoms with Crippen molar-refractivity contribution < 1.29 is 16.9 Å². The van der Waals surface area contributed by atoms with Gasteiger partial charge < -0.3 is 16.9 Å². The van der Waals surface area contributed by atoms with Crippen LogP contribution in [0.4, 0.5) is 0 Å². The van der Waals surface area contributed by atoms with Crippen molar-refractivity contribution in [3.8, 4) is 0 Å². The lowest BCUT2D eigenvalue weighted by Crippen LogP contribution is -3.00. The molecule has 1 nitrogen and oxygen atoms in total. The highest BCUT2D eigenvalue weighted by molar-refractivity contribution is 5.17. The minimum absolute atomic E-state index is 0. The van der Waals surface area contributed by atoms with Crippen molar-refractivity contribution in [2.75, 3.05) is 20.6 Å². The molecule has 0 bridgehead atoms. The number of hydrogen-bond acceptors (Lipinski definition) is 0. The first kappa shape index (κ1) is 20.5. The van der Waals surface area contributed by atoms with Gasteiger partial charge in [-0.3, -0.25) is 0 Å². The molecule has 1 aromatic rings. The van der Waals surface area contributed by atoms with E-state index in [0.29, 0.717) is 6.04 Å². The molecule has 1 unspecified atom stereocenters. The average molecular weight is 312 g/mol. The molecule has 0 N–H and O–H groups in total. The highest BCUT2D eigenvalue weighted by atomic mass is 35.5. The Bertz CT molecular complexity index is 348. The van der Waals surface area contributed by atoms with Gasteiger partial charge in [-0.2, -0.15) is 0 Å². The van der Waals surface area contributed by atoms with Gasteiger partial charge in [-0.05, 0) is 12.8 Å². The Kier molecular flexibility index (Phi) is 10.8. The van der Waals surface area contributed by atoms with E-state index in [9.17, 15) is 0 Å². The topological polar surface area (TPSA) is 0 Å². The van der Waals surface area contributed by atoms with Crippen LogP contribution in [0, 0.1) is 0 Å². The minimum atomic E-state index is 0. The fourth-order valence-corrected chi connectivity index (χ4v) is 3.26. The van der Waals surface area contributed by atoms with E-state index < -0.39 is 0 Å². The SMILES string of the molecule is CCCCCCCC[N+](C)(C)C(CC)c1ccccc1.[Cl-]. The summed E-state index contributed by atoms with van der Waals surface area (Å²) in [5.41, 5.74) is 1.49. The fraction of sp³-hybridized carbons (Fsp3) is 0.684. The minimum Gasteiger partial charge on any atom is -1.00 e. The van der Waals surface area contributed by atoms with E-state index in [-0.39, 0.29) is 12.4 Å². The van der Waals surface area contributed by atoms with Crippen LogP contribution in [0.25, 0.3) is 0 Å². The summed E-state index contributed by atoms with van der Waals surface area (Å²) >= 11 is 0. The van der Waals surface area contributed by atoms with E-state index in [1.807, 2.05) is 0 Å². The number of hydrogen-bond donors (Lipinski definition) is 0. The normalized spacial score (nSPS) is 12.8. The van der Waals surface area contributed by atoms with Crippen LogP contribution in [0.15, 0.2) is 30.3 Å². The van der Waals surface area contributed by atoms with Crippen molar-refractivity contribution >= 4 is 0 Å². The monoisotopic (exact) mass is 311 g/mol. The molecule has 0 aliphatic carbocycles. The largest absolute Gasteiger partial charge is 1.00 e. The van der Waals surface area contributed by atoms with Crippen LogP contribution in [0.2, 0.25) is 0 Å². The Morgan fingerprint density at radius 1 is 0.857 bits per heavy atom. The molecule has 0 saturated carbocycles. The summed E-state index contributed by atoms with van der Waals surface area (Å²) in [5.74, 6) is 0. The second-order valence-corrected chi connectivity index (χ2v) is 6.60. The average Bonchev–Trinajstić information content (AvgIpc) is 2.44. The third-order valence-corrected chi connectivity index (χ3v) is 4.50. The first-order valence-electron chi connectivity index (χ1n) is 8.49. The van der Waals surface area contributed by atoms with Crippen LogP contribution < -0.4 is 12.4 Å². The number of quaternary nitrogens is 1. The summed E-state index contributed by atoms with van der Waals surface area (Å²) in [6.45, 7) is 5.89. The smallest absolute Gasteiger partial charge is 0.114 e. The van der Waals surface area contributed by atoms with Gasteiger partial charge in [0, 0.05) is 12.0 Å². The molecule has 1 rings (SSSR count). The van der Waals surface area contributed by atoms with E-state index in [0.717, 1.165) is 4.48 Å². The summed E-state index contributed by atoms with van der Waals surface area (Å²) in [6.07, 6.45) is 9.54. The molecule has 0 heterocycles. The predicted molar refractivity (Wildman–Crippen MR) is 89.8 cm³/mol. The lowest BCUT2D eigenvalue weighted by atomic mass is 10.0. The van der Waals surface area contributed by atoms with Crippen molar-refractivity contribution in [3.05, 3.63) is 35.9 Å². The van der Waals surface area contributed by atoms with Crippen LogP contribution in [0.5, 0.6) is 0 Å². The van der Waals surface area contributed by atoms with E-state index in [1.165, 1.54) is 57.1 Å². The molecule has 0 saturated heterocycles. The Hall–Kier alpha value is -0.530. The second kappa shape index (κ2) is 11.1. The molecular formula is C19H34ClN. The molecule has 0 radical (unpaired) electrons. The lowest BCUT2D eigenvalue weighted by molar-refractivity contribution is -0.921. The van der Waals surface area contributed by atoms with Gasteiger partial charge in [-0.15, -0.1) is 0 Å². The van der Waals surface area contributed by atoms with Gasteiger partial charge in [-0.25, -0.2) is 0 Å². The summed E-state index contributed by atoms with van der Waals surface area (Å²) in [7, 11) is 4.79. The van der Waals surface area contributed by atoms with Crippen molar-refractivity contribution in [2.24, 2.45) is 0 Å². The van der Waals surface area contributed by atoms with Crippen molar-refractivity contribution in [3.63, 3.8) is 0 Å². The number of benzene rings is 1. The van der Waals surface area contributed by atoms with Gasteiger partial charge in [0.1, 0.15) is 6.04 Å². The molecule has 0 aliphatic heterocycles. The summed E-state index contributed by atoms with van der Waals surface area (Å²) in [4.78, 5) is 0. The van der Waals surface area contributed by atoms with Crippen LogP contribution in [-0.4, -0.2) is 25.1 Å². The summed E-state index contributed by atoms with van der Waals surface area (Å²) < 4.78 is 1.12. The fourth-order valence-electron chi connectivity index (χ4n) is 3.26. The Morgan fingerprint density at radius 3 is 2.00 bits per heavy atom. The zero-order chi connectivity index (χ0) is 14.8. The van der Waals surface area contributed by atoms with Gasteiger partial charge in [0.15, 0.2) is 0 Å². The molecule has 0 fully saturated rings. The van der Waals surface area contributed by atoms with Crippen LogP contribution in [-0.2, 0) is 0 Å². The maximum absolute atomic E-state index is 2.40. The molecular weight excluding hydrogens is 278 g/mol. The Morgan fingerprint density at radius 2 is 1.43 bits per heavy atom. The molecule has 1 aromatic carbocycles. The molecule has 2 heteroatoms. The maximum atomic E-state index is 2.40. The molecule has 1 atom stereocenters. The standard InChI is InChI=1S/C19H34N.ClH/c1-5-7-8-9-10-14-17-20(3,4)19(6-2)18-15-12-11-13-16-18;/h11-13,15-16,19H,5-10,14,17H2,1-4H3;1H/q+1;/p-1. The van der Waals surface area contributed by atoms with Crippen LogP contribution >= 0.6 is 0 Å². The highest BCUT2D eigenvalue weighted by Crippen LogP contribution is 2.28. The number of unbranched alkanes of at least 4 members (excludes halogenated alkanes) is 5. The third kappa shape index (κ3) is 7.33. The number of rotatable bonds is 10. The number of nitrogens with zero attached hydrogens (tertiary/aromatic N) is 1. The van der Waals surface area contributed by atoms with Crippen LogP contribution in [0.1, 0.15) is 70.4 Å². The van der Waals surface area contributed by atoms with E-state index in [1.54, 1.807) is 0 Å². The van der Waals surface area contributed by atoms with Gasteiger partial charge in [0.05, 0.1) is 20.6 Å². The zero-order valence-electron chi connectivity index (χ0n) is 14.4. The van der Waals surface area contributed by atoms with Crippen LogP contribution in [0.3, 0.4) is 0 Å². The molecule has 0 aliphatic rings. The van der Waals surface area contributed by atoms with Crippen molar-refractivity contribution in [1.82, 2.24) is 0 Å². The third-order valence-electron chi connectivity index (χ3n) is 4.50. The molecule has 21 heavy (non-hydrogen) atoms. The van der Waals surface area contributed by atoms with Gasteiger partial charge in [0.25, 0.3) is 0 Å². The van der Waals surface area contributed by atoms with E-state index >= 15 is 0 Å². The first-order valence-corrected chi connectivity index (χ1v) is 8.49. The molecule has 0 amide bonds. The molecule has 0 spiro atoms. The van der Waals surface area contributed by atoms with Gasteiger partial charge >= 0.3 is 0 Å². The van der Waals surface area contributed by atoms with E-state index in [2.05, 4.69) is 58.3 Å². The number of halogens is 1. The first-order chi connectivity index (χ1) is 9.61. The Labute approximate surface area is 138 Å². The van der Waals surface area contributed by atoms with Gasteiger partial charge in [0.2, 0.25) is 0 Å². The maximum Gasteiger partial charge on any atom is 0.114 e. The van der Waals surface area contributed by atoms with Crippen molar-refractivity contribution in [1.29, 1.82) is 0 Å².